The van der Waals surface area contributed by atoms with Crippen LogP contribution >= 0.6 is 11.6 Å². The summed E-state index contributed by atoms with van der Waals surface area (Å²) in [6.45, 7) is 5.83. The predicted molar refractivity (Wildman–Crippen MR) is 166 cm³/mol. The van der Waals surface area contributed by atoms with Gasteiger partial charge in [0.1, 0.15) is 41.3 Å². The molecule has 230 valence electrons. The van der Waals surface area contributed by atoms with Gasteiger partial charge in [-0.15, -0.1) is 0 Å². The Kier molecular flexibility index (Phi) is 9.45. The maximum Gasteiger partial charge on any atom is 0.349 e. The number of esters is 1. The molecule has 45 heavy (non-hydrogen) atoms. The van der Waals surface area contributed by atoms with E-state index in [9.17, 15) is 14.4 Å². The van der Waals surface area contributed by atoms with Gasteiger partial charge in [0.2, 0.25) is 5.88 Å². The highest BCUT2D eigenvalue weighted by Crippen LogP contribution is 2.45. The number of ether oxygens (including phenoxy) is 5. The van der Waals surface area contributed by atoms with Gasteiger partial charge in [0.15, 0.2) is 18.1 Å². The zero-order valence-electron chi connectivity index (χ0n) is 24.9. The largest absolute Gasteiger partial charge is 0.490 e. The van der Waals surface area contributed by atoms with E-state index < -0.39 is 11.9 Å². The number of nitrogens with zero attached hydrogens (tertiary/aromatic N) is 1. The van der Waals surface area contributed by atoms with Crippen molar-refractivity contribution in [2.24, 2.45) is 5.73 Å². The Morgan fingerprint density at radius 2 is 1.69 bits per heavy atom. The van der Waals surface area contributed by atoms with E-state index in [0.717, 1.165) is 16.7 Å². The maximum absolute atomic E-state index is 13.3. The van der Waals surface area contributed by atoms with E-state index in [2.05, 4.69) is 6.07 Å². The second-order valence-corrected chi connectivity index (χ2v) is 10.7. The van der Waals surface area contributed by atoms with Gasteiger partial charge in [0, 0.05) is 16.7 Å². The molecule has 1 heterocycles. The van der Waals surface area contributed by atoms with E-state index in [0.29, 0.717) is 45.8 Å². The predicted octanol–water partition coefficient (Wildman–Crippen LogP) is 7.28. The number of nitriles is 1. The average Bonchev–Trinajstić information content (AvgIpc) is 3.02. The number of allylic oxidation sites excluding steroid dienone is 1. The van der Waals surface area contributed by atoms with Crippen molar-refractivity contribution in [3.05, 3.63) is 123 Å². The molecule has 1 unspecified atom stereocenters. The topological polar surface area (TPSA) is 113 Å². The lowest BCUT2D eigenvalue weighted by Crippen LogP contribution is -2.22. The lowest BCUT2D eigenvalue weighted by atomic mass is 9.83. The number of rotatable bonds is 10. The van der Waals surface area contributed by atoms with Crippen LogP contribution in [0, 0.1) is 31.0 Å². The molecule has 0 saturated carbocycles. The van der Waals surface area contributed by atoms with Crippen LogP contribution in [-0.4, -0.2) is 19.2 Å². The summed E-state index contributed by atoms with van der Waals surface area (Å²) in [5.41, 5.74) is 10.2. The molecule has 1 atom stereocenters. The van der Waals surface area contributed by atoms with E-state index in [1.807, 2.05) is 26.8 Å². The molecule has 0 amide bonds. The summed E-state index contributed by atoms with van der Waals surface area (Å²) >= 11 is 6.21. The highest BCUT2D eigenvalue weighted by Gasteiger charge is 2.32. The van der Waals surface area contributed by atoms with Gasteiger partial charge in [-0.25, -0.2) is 9.18 Å². The summed E-state index contributed by atoms with van der Waals surface area (Å²) in [6.07, 6.45) is 0. The van der Waals surface area contributed by atoms with E-state index in [4.69, 9.17) is 41.0 Å². The molecule has 5 rings (SSSR count). The lowest BCUT2D eigenvalue weighted by molar-refractivity contribution is -0.136. The van der Waals surface area contributed by atoms with Gasteiger partial charge in [-0.2, -0.15) is 5.26 Å². The highest BCUT2D eigenvalue weighted by molar-refractivity contribution is 6.32. The number of aryl methyl sites for hydroxylation is 2. The first kappa shape index (κ1) is 31.2. The quantitative estimate of drug-likeness (QED) is 0.144. The molecule has 0 aliphatic carbocycles. The SMILES string of the molecule is CCOc1cc(C2C(C#N)=C(N)Oc3cc(OC(=O)COc4cc(C)c(Cl)c(C)c4)ccc32)ccc1OCc1ccc(F)cc1. The zero-order valence-corrected chi connectivity index (χ0v) is 25.6. The van der Waals surface area contributed by atoms with Crippen LogP contribution in [0.15, 0.2) is 84.3 Å². The maximum atomic E-state index is 13.3. The van der Waals surface area contributed by atoms with Crippen molar-refractivity contribution in [1.29, 1.82) is 5.26 Å². The van der Waals surface area contributed by atoms with Crippen molar-refractivity contribution in [2.75, 3.05) is 13.2 Å². The molecule has 0 spiro atoms. The Morgan fingerprint density at radius 1 is 0.956 bits per heavy atom. The van der Waals surface area contributed by atoms with Crippen LogP contribution in [-0.2, 0) is 11.4 Å². The second-order valence-electron chi connectivity index (χ2n) is 10.3. The molecule has 1 aliphatic rings. The first-order chi connectivity index (χ1) is 21.7. The monoisotopic (exact) mass is 628 g/mol. The summed E-state index contributed by atoms with van der Waals surface area (Å²) in [5, 5.41) is 10.7. The summed E-state index contributed by atoms with van der Waals surface area (Å²) in [4.78, 5) is 12.6. The van der Waals surface area contributed by atoms with Gasteiger partial charge < -0.3 is 29.4 Å². The Morgan fingerprint density at radius 3 is 2.38 bits per heavy atom. The van der Waals surface area contributed by atoms with Gasteiger partial charge in [-0.05, 0) is 85.5 Å². The van der Waals surface area contributed by atoms with Gasteiger partial charge in [-0.1, -0.05) is 35.9 Å². The molecule has 8 nitrogen and oxygen atoms in total. The third-order valence-electron chi connectivity index (χ3n) is 7.10. The summed E-state index contributed by atoms with van der Waals surface area (Å²) in [7, 11) is 0. The van der Waals surface area contributed by atoms with Crippen molar-refractivity contribution >= 4 is 17.6 Å². The van der Waals surface area contributed by atoms with Crippen LogP contribution in [0.2, 0.25) is 5.02 Å². The third kappa shape index (κ3) is 7.14. The number of halogens is 2. The van der Waals surface area contributed by atoms with Crippen LogP contribution in [0.1, 0.15) is 40.7 Å². The Labute approximate surface area is 265 Å². The molecule has 4 aromatic carbocycles. The number of hydrogen-bond acceptors (Lipinski definition) is 8. The summed E-state index contributed by atoms with van der Waals surface area (Å²) in [6, 6.07) is 21.9. The molecule has 0 radical (unpaired) electrons. The molecular weight excluding hydrogens is 599 g/mol. The number of carbonyl (C=O) groups excluding carboxylic acids is 1. The normalized spacial score (nSPS) is 13.7. The highest BCUT2D eigenvalue weighted by atomic mass is 35.5. The van der Waals surface area contributed by atoms with Gasteiger partial charge >= 0.3 is 5.97 Å². The minimum atomic E-state index is -0.619. The first-order valence-electron chi connectivity index (χ1n) is 14.1. The van der Waals surface area contributed by atoms with Crippen LogP contribution in [0.5, 0.6) is 28.7 Å². The van der Waals surface area contributed by atoms with E-state index in [1.54, 1.807) is 54.6 Å². The fourth-order valence-electron chi connectivity index (χ4n) is 4.97. The number of carbonyl (C=O) groups is 1. The van der Waals surface area contributed by atoms with Crippen molar-refractivity contribution in [3.8, 4) is 34.8 Å². The fraction of sp³-hybridized carbons (Fsp3) is 0.200. The number of fused-ring (bicyclic) bond motifs is 1. The molecular formula is C35H30ClFN2O6. The molecule has 10 heteroatoms. The molecule has 2 N–H and O–H groups in total. The minimum Gasteiger partial charge on any atom is -0.490 e. The molecule has 0 saturated heterocycles. The van der Waals surface area contributed by atoms with Crippen molar-refractivity contribution in [1.82, 2.24) is 0 Å². The molecule has 0 fully saturated rings. The lowest BCUT2D eigenvalue weighted by Gasteiger charge is -2.27. The van der Waals surface area contributed by atoms with Crippen molar-refractivity contribution in [3.63, 3.8) is 0 Å². The molecule has 1 aliphatic heterocycles. The van der Waals surface area contributed by atoms with Gasteiger partial charge in [0.05, 0.1) is 12.5 Å². The summed E-state index contributed by atoms with van der Waals surface area (Å²) in [5.74, 6) is 0.416. The van der Waals surface area contributed by atoms with E-state index in [-0.39, 0.29) is 36.2 Å². The second kappa shape index (κ2) is 13.6. The average molecular weight is 629 g/mol. The number of hydrogen-bond donors (Lipinski definition) is 1. The Hall–Kier alpha value is -5.20. The molecule has 4 aromatic rings. The van der Waals surface area contributed by atoms with Crippen molar-refractivity contribution in [2.45, 2.75) is 33.3 Å². The third-order valence-corrected chi connectivity index (χ3v) is 7.69. The van der Waals surface area contributed by atoms with Crippen LogP contribution in [0.3, 0.4) is 0 Å². The van der Waals surface area contributed by atoms with E-state index in [1.165, 1.54) is 12.1 Å². The van der Waals surface area contributed by atoms with E-state index >= 15 is 0 Å². The van der Waals surface area contributed by atoms with Gasteiger partial charge in [0.25, 0.3) is 0 Å². The van der Waals surface area contributed by atoms with Crippen LogP contribution < -0.4 is 29.4 Å². The zero-order chi connectivity index (χ0) is 32.1. The fourth-order valence-corrected chi connectivity index (χ4v) is 5.08. The first-order valence-corrected chi connectivity index (χ1v) is 14.5. The number of benzene rings is 4. The number of nitrogens with two attached hydrogens (primary N) is 1. The molecule has 0 aromatic heterocycles. The minimum absolute atomic E-state index is 0.0649. The Balaban J connectivity index is 1.36. The van der Waals surface area contributed by atoms with Crippen LogP contribution in [0.25, 0.3) is 0 Å². The summed E-state index contributed by atoms with van der Waals surface area (Å²) < 4.78 is 42.1. The van der Waals surface area contributed by atoms with Crippen LogP contribution in [0.4, 0.5) is 4.39 Å². The molecule has 0 bridgehead atoms. The smallest absolute Gasteiger partial charge is 0.349 e. The van der Waals surface area contributed by atoms with Gasteiger partial charge in [-0.3, -0.25) is 0 Å². The van der Waals surface area contributed by atoms with Crippen molar-refractivity contribution < 1.29 is 32.9 Å². The standard InChI is InChI=1S/C35H30ClFN2O6/c1-4-41-31-15-23(7-12-29(31)43-18-22-5-8-24(37)9-6-22)33-27-11-10-25(16-30(27)45-35(39)28(33)17-38)44-32(40)19-42-26-13-20(2)34(36)21(3)14-26/h5-16,33H,4,18-19,39H2,1-3H3. The Bertz CT molecular complexity index is 1790.